The topological polar surface area (TPSA) is 81.4 Å². The zero-order valence-electron chi connectivity index (χ0n) is 10.9. The van der Waals surface area contributed by atoms with Gasteiger partial charge in [-0.05, 0) is 46.3 Å². The summed E-state index contributed by atoms with van der Waals surface area (Å²) in [6.07, 6.45) is 0. The maximum atomic E-state index is 13.4. The first-order chi connectivity index (χ1) is 9.83. The van der Waals surface area contributed by atoms with E-state index in [-0.39, 0.29) is 20.8 Å². The molecule has 0 saturated heterocycles. The molecule has 0 radical (unpaired) electrons. The molecule has 0 aliphatic rings. The maximum Gasteiger partial charge on any atom is 0.265 e. The molecule has 0 spiro atoms. The van der Waals surface area contributed by atoms with Crippen molar-refractivity contribution in [2.75, 3.05) is 17.6 Å². The minimum atomic E-state index is -3.91. The van der Waals surface area contributed by atoms with Gasteiger partial charge in [0.25, 0.3) is 10.0 Å². The lowest BCUT2D eigenvalue weighted by molar-refractivity contribution is 0.403. The molecule has 112 valence electrons. The summed E-state index contributed by atoms with van der Waals surface area (Å²) in [5.41, 5.74) is 6.07. The Balaban J connectivity index is 2.40. The molecule has 0 bridgehead atoms. The Morgan fingerprint density at radius 3 is 2.57 bits per heavy atom. The molecular weight excluding hydrogens is 363 g/mol. The molecule has 0 aliphatic heterocycles. The molecule has 5 nitrogen and oxygen atoms in total. The number of rotatable bonds is 4. The number of sulfonamides is 1. The summed E-state index contributed by atoms with van der Waals surface area (Å²) in [7, 11) is -2.57. The van der Waals surface area contributed by atoms with Crippen LogP contribution >= 0.6 is 15.9 Å². The lowest BCUT2D eigenvalue weighted by atomic mass is 10.3. The molecule has 2 aromatic rings. The number of ether oxygens (including phenoxy) is 1. The molecule has 0 saturated carbocycles. The largest absolute Gasteiger partial charge is 0.495 e. The van der Waals surface area contributed by atoms with Gasteiger partial charge in [0.2, 0.25) is 0 Å². The van der Waals surface area contributed by atoms with Crippen molar-refractivity contribution in [3.05, 3.63) is 46.7 Å². The van der Waals surface area contributed by atoms with Gasteiger partial charge in [-0.3, -0.25) is 4.72 Å². The van der Waals surface area contributed by atoms with Gasteiger partial charge < -0.3 is 10.5 Å². The standard InChI is InChI=1S/C13H12BrFN2O3S/c1-20-12-6-8(16)2-5-13(12)21(18,19)17-9-3-4-10(14)11(15)7-9/h2-7,17H,16H2,1H3. The number of nitrogen functional groups attached to an aromatic ring is 1. The molecule has 0 atom stereocenters. The minimum Gasteiger partial charge on any atom is -0.495 e. The molecule has 8 heteroatoms. The number of halogens is 2. The number of nitrogens with one attached hydrogen (secondary N) is 1. The summed E-state index contributed by atoms with van der Waals surface area (Å²) in [4.78, 5) is -0.0810. The van der Waals surface area contributed by atoms with E-state index in [1.165, 1.54) is 37.4 Å². The van der Waals surface area contributed by atoms with Crippen molar-refractivity contribution in [1.82, 2.24) is 0 Å². The van der Waals surface area contributed by atoms with Crippen molar-refractivity contribution in [1.29, 1.82) is 0 Å². The van der Waals surface area contributed by atoms with Crippen LogP contribution < -0.4 is 15.2 Å². The van der Waals surface area contributed by atoms with Crippen LogP contribution in [0.4, 0.5) is 15.8 Å². The number of nitrogens with two attached hydrogens (primary N) is 1. The smallest absolute Gasteiger partial charge is 0.265 e. The Bertz CT molecular complexity index is 781. The first-order valence-electron chi connectivity index (χ1n) is 5.75. The van der Waals surface area contributed by atoms with Gasteiger partial charge in [0.05, 0.1) is 17.3 Å². The molecule has 0 unspecified atom stereocenters. The van der Waals surface area contributed by atoms with Crippen molar-refractivity contribution in [3.63, 3.8) is 0 Å². The zero-order chi connectivity index (χ0) is 15.6. The molecule has 2 aromatic carbocycles. The summed E-state index contributed by atoms with van der Waals surface area (Å²) in [6.45, 7) is 0. The highest BCUT2D eigenvalue weighted by atomic mass is 79.9. The van der Waals surface area contributed by atoms with Gasteiger partial charge >= 0.3 is 0 Å². The second kappa shape index (κ2) is 5.90. The Morgan fingerprint density at radius 1 is 1.24 bits per heavy atom. The van der Waals surface area contributed by atoms with E-state index < -0.39 is 15.8 Å². The first kappa shape index (κ1) is 15.6. The molecule has 0 heterocycles. The average molecular weight is 375 g/mol. The molecule has 0 aromatic heterocycles. The van der Waals surface area contributed by atoms with E-state index >= 15 is 0 Å². The first-order valence-corrected chi connectivity index (χ1v) is 8.02. The number of hydrogen-bond acceptors (Lipinski definition) is 4. The Labute approximate surface area is 130 Å². The van der Waals surface area contributed by atoms with Crippen molar-refractivity contribution in [3.8, 4) is 5.75 Å². The van der Waals surface area contributed by atoms with Crippen LogP contribution in [-0.2, 0) is 10.0 Å². The summed E-state index contributed by atoms with van der Waals surface area (Å²) in [5, 5.41) is 0. The fraction of sp³-hybridized carbons (Fsp3) is 0.0769. The highest BCUT2D eigenvalue weighted by molar-refractivity contribution is 9.10. The third kappa shape index (κ3) is 3.45. The second-order valence-electron chi connectivity index (χ2n) is 4.14. The predicted octanol–water partition coefficient (Wildman–Crippen LogP) is 2.98. The predicted molar refractivity (Wildman–Crippen MR) is 82.3 cm³/mol. The van der Waals surface area contributed by atoms with Gasteiger partial charge in [-0.1, -0.05) is 0 Å². The van der Waals surface area contributed by atoms with Crippen molar-refractivity contribution < 1.29 is 17.5 Å². The number of benzene rings is 2. The Hall–Kier alpha value is -1.80. The van der Waals surface area contributed by atoms with Gasteiger partial charge in [-0.25, -0.2) is 12.8 Å². The molecule has 0 fully saturated rings. The van der Waals surface area contributed by atoms with E-state index in [1.807, 2.05) is 0 Å². The van der Waals surface area contributed by atoms with E-state index in [4.69, 9.17) is 10.5 Å². The van der Waals surface area contributed by atoms with Crippen LogP contribution in [0.2, 0.25) is 0 Å². The van der Waals surface area contributed by atoms with E-state index in [2.05, 4.69) is 20.7 Å². The van der Waals surface area contributed by atoms with Crippen LogP contribution in [0.3, 0.4) is 0 Å². The third-order valence-electron chi connectivity index (χ3n) is 2.65. The van der Waals surface area contributed by atoms with E-state index in [0.717, 1.165) is 6.07 Å². The number of anilines is 2. The van der Waals surface area contributed by atoms with Gasteiger partial charge in [-0.15, -0.1) is 0 Å². The van der Waals surface area contributed by atoms with Crippen LogP contribution in [0.15, 0.2) is 45.8 Å². The summed E-state index contributed by atoms with van der Waals surface area (Å²) in [5.74, 6) is -0.459. The van der Waals surface area contributed by atoms with Crippen molar-refractivity contribution in [2.45, 2.75) is 4.90 Å². The zero-order valence-corrected chi connectivity index (χ0v) is 13.3. The number of methoxy groups -OCH3 is 1. The number of hydrogen-bond donors (Lipinski definition) is 2. The van der Waals surface area contributed by atoms with Gasteiger partial charge in [-0.2, -0.15) is 0 Å². The van der Waals surface area contributed by atoms with E-state index in [1.54, 1.807) is 0 Å². The van der Waals surface area contributed by atoms with Crippen molar-refractivity contribution in [2.24, 2.45) is 0 Å². The van der Waals surface area contributed by atoms with E-state index in [9.17, 15) is 12.8 Å². The summed E-state index contributed by atoms with van der Waals surface area (Å²) in [6, 6.07) is 8.09. The monoisotopic (exact) mass is 374 g/mol. The molecule has 21 heavy (non-hydrogen) atoms. The highest BCUT2D eigenvalue weighted by Crippen LogP contribution is 2.28. The quantitative estimate of drug-likeness (QED) is 0.806. The van der Waals surface area contributed by atoms with Crippen LogP contribution in [0.1, 0.15) is 0 Å². The van der Waals surface area contributed by atoms with E-state index in [0.29, 0.717) is 5.69 Å². The van der Waals surface area contributed by atoms with Crippen molar-refractivity contribution >= 4 is 37.3 Å². The average Bonchev–Trinajstić information content (AvgIpc) is 2.42. The van der Waals surface area contributed by atoms with Crippen LogP contribution in [-0.4, -0.2) is 15.5 Å². The van der Waals surface area contributed by atoms with Crippen LogP contribution in [0.25, 0.3) is 0 Å². The molecule has 2 rings (SSSR count). The normalized spacial score (nSPS) is 11.2. The SMILES string of the molecule is COc1cc(N)ccc1S(=O)(=O)Nc1ccc(Br)c(F)c1. The Morgan fingerprint density at radius 2 is 1.95 bits per heavy atom. The lowest BCUT2D eigenvalue weighted by Crippen LogP contribution is -2.14. The maximum absolute atomic E-state index is 13.4. The summed E-state index contributed by atoms with van der Waals surface area (Å²) >= 11 is 3.00. The third-order valence-corrected chi connectivity index (χ3v) is 4.71. The molecule has 3 N–H and O–H groups in total. The fourth-order valence-electron chi connectivity index (χ4n) is 1.68. The minimum absolute atomic E-state index is 0.0810. The van der Waals surface area contributed by atoms with Gasteiger partial charge in [0.1, 0.15) is 16.5 Å². The second-order valence-corrected chi connectivity index (χ2v) is 6.65. The fourth-order valence-corrected chi connectivity index (χ4v) is 3.12. The van der Waals surface area contributed by atoms with Gasteiger partial charge in [0.15, 0.2) is 0 Å². The highest BCUT2D eigenvalue weighted by Gasteiger charge is 2.20. The molecular formula is C13H12BrFN2O3S. The van der Waals surface area contributed by atoms with Gasteiger partial charge in [0, 0.05) is 11.8 Å². The van der Waals surface area contributed by atoms with Crippen LogP contribution in [0.5, 0.6) is 5.75 Å². The summed E-state index contributed by atoms with van der Waals surface area (Å²) < 4.78 is 45.6. The molecule has 0 amide bonds. The molecule has 0 aliphatic carbocycles. The van der Waals surface area contributed by atoms with Crippen LogP contribution in [0, 0.1) is 5.82 Å². The lowest BCUT2D eigenvalue weighted by Gasteiger charge is -2.12. The Kier molecular flexibility index (Phi) is 4.38.